The van der Waals surface area contributed by atoms with Gasteiger partial charge in [0.1, 0.15) is 0 Å². The van der Waals surface area contributed by atoms with Crippen LogP contribution in [0.3, 0.4) is 0 Å². The van der Waals surface area contributed by atoms with Gasteiger partial charge in [0.15, 0.2) is 5.82 Å². The Morgan fingerprint density at radius 1 is 1.29 bits per heavy atom. The van der Waals surface area contributed by atoms with Crippen LogP contribution in [0.25, 0.3) is 10.9 Å². The molecule has 0 fully saturated rings. The molecule has 5 heteroatoms. The summed E-state index contributed by atoms with van der Waals surface area (Å²) in [7, 11) is 0. The zero-order valence-corrected chi connectivity index (χ0v) is 9.08. The Kier molecular flexibility index (Phi) is 2.38. The number of aliphatic hydroxyl groups is 1. The van der Waals surface area contributed by atoms with Gasteiger partial charge in [0.2, 0.25) is 6.39 Å². The molecule has 2 aromatic heterocycles. The number of aliphatic hydroxyl groups excluding tert-OH is 1. The summed E-state index contributed by atoms with van der Waals surface area (Å²) in [6.45, 7) is 0.643. The SMILES string of the molecule is OCc1ccc2c(ccn2Cc2ncon2)c1. The molecule has 3 rings (SSSR count). The Labute approximate surface area is 97.3 Å². The highest BCUT2D eigenvalue weighted by Gasteiger charge is 2.05. The summed E-state index contributed by atoms with van der Waals surface area (Å²) in [5, 5.41) is 14.0. The van der Waals surface area contributed by atoms with Crippen molar-refractivity contribution in [3.05, 3.63) is 48.2 Å². The van der Waals surface area contributed by atoms with Crippen molar-refractivity contribution in [2.45, 2.75) is 13.2 Å². The van der Waals surface area contributed by atoms with E-state index in [1.807, 2.05) is 35.0 Å². The van der Waals surface area contributed by atoms with Crippen LogP contribution in [0.5, 0.6) is 0 Å². The highest BCUT2D eigenvalue weighted by atomic mass is 16.5. The second-order valence-corrected chi connectivity index (χ2v) is 3.84. The van der Waals surface area contributed by atoms with Crippen molar-refractivity contribution in [1.82, 2.24) is 14.7 Å². The smallest absolute Gasteiger partial charge is 0.213 e. The number of hydrogen-bond acceptors (Lipinski definition) is 4. The van der Waals surface area contributed by atoms with E-state index in [0.717, 1.165) is 16.5 Å². The van der Waals surface area contributed by atoms with Crippen LogP contribution >= 0.6 is 0 Å². The molecule has 0 radical (unpaired) electrons. The summed E-state index contributed by atoms with van der Waals surface area (Å²) < 4.78 is 6.75. The van der Waals surface area contributed by atoms with Gasteiger partial charge in [-0.1, -0.05) is 11.2 Å². The van der Waals surface area contributed by atoms with E-state index in [1.165, 1.54) is 6.39 Å². The van der Waals surface area contributed by atoms with Gasteiger partial charge < -0.3 is 14.2 Å². The monoisotopic (exact) mass is 229 g/mol. The molecule has 0 atom stereocenters. The third-order valence-corrected chi connectivity index (χ3v) is 2.74. The highest BCUT2D eigenvalue weighted by molar-refractivity contribution is 5.80. The van der Waals surface area contributed by atoms with E-state index < -0.39 is 0 Å². The summed E-state index contributed by atoms with van der Waals surface area (Å²) in [5.74, 6) is 0.647. The molecule has 0 saturated carbocycles. The fourth-order valence-electron chi connectivity index (χ4n) is 1.90. The maximum atomic E-state index is 9.07. The van der Waals surface area contributed by atoms with Crippen LogP contribution in [0.1, 0.15) is 11.4 Å². The van der Waals surface area contributed by atoms with E-state index in [9.17, 15) is 0 Å². The van der Waals surface area contributed by atoms with Gasteiger partial charge in [0.05, 0.1) is 13.2 Å². The molecule has 1 N–H and O–H groups in total. The van der Waals surface area contributed by atoms with Gasteiger partial charge in [-0.3, -0.25) is 0 Å². The number of benzene rings is 1. The molecule has 0 aliphatic carbocycles. The maximum Gasteiger partial charge on any atom is 0.213 e. The minimum atomic E-state index is 0.0615. The Morgan fingerprint density at radius 2 is 2.24 bits per heavy atom. The molecule has 3 aromatic rings. The van der Waals surface area contributed by atoms with Crippen molar-refractivity contribution in [3.8, 4) is 0 Å². The Balaban J connectivity index is 2.00. The van der Waals surface area contributed by atoms with Crippen LogP contribution in [0.2, 0.25) is 0 Å². The van der Waals surface area contributed by atoms with E-state index in [0.29, 0.717) is 12.4 Å². The molecule has 2 heterocycles. The molecule has 0 saturated heterocycles. The summed E-state index contributed by atoms with van der Waals surface area (Å²) in [5.41, 5.74) is 2.00. The third-order valence-electron chi connectivity index (χ3n) is 2.74. The predicted molar refractivity (Wildman–Crippen MR) is 61.3 cm³/mol. The maximum absolute atomic E-state index is 9.07. The predicted octanol–water partition coefficient (Wildman–Crippen LogP) is 1.56. The largest absolute Gasteiger partial charge is 0.392 e. The quantitative estimate of drug-likeness (QED) is 0.740. The van der Waals surface area contributed by atoms with E-state index in [-0.39, 0.29) is 6.61 Å². The first-order valence-electron chi connectivity index (χ1n) is 5.31. The third kappa shape index (κ3) is 1.81. The van der Waals surface area contributed by atoms with Gasteiger partial charge in [-0.15, -0.1) is 0 Å². The Bertz CT molecular complexity index is 628. The molecule has 0 aliphatic heterocycles. The lowest BCUT2D eigenvalue weighted by Crippen LogP contribution is -1.99. The number of fused-ring (bicyclic) bond motifs is 1. The molecule has 0 bridgehead atoms. The standard InChI is InChI=1S/C12H11N3O2/c16-7-9-1-2-11-10(5-9)3-4-15(11)6-12-13-8-17-14-12/h1-5,8,16H,6-7H2. The van der Waals surface area contributed by atoms with Gasteiger partial charge in [-0.2, -0.15) is 4.98 Å². The molecule has 0 unspecified atom stereocenters. The van der Waals surface area contributed by atoms with Crippen LogP contribution in [-0.2, 0) is 13.2 Å². The van der Waals surface area contributed by atoms with Crippen molar-refractivity contribution in [2.24, 2.45) is 0 Å². The summed E-state index contributed by atoms with van der Waals surface area (Å²) in [6.07, 6.45) is 3.30. The Hall–Kier alpha value is -2.14. The van der Waals surface area contributed by atoms with Crippen molar-refractivity contribution >= 4 is 10.9 Å². The normalized spacial score (nSPS) is 11.1. The van der Waals surface area contributed by atoms with Gasteiger partial charge in [0.25, 0.3) is 0 Å². The second-order valence-electron chi connectivity index (χ2n) is 3.84. The summed E-state index contributed by atoms with van der Waals surface area (Å²) in [6, 6.07) is 7.88. The van der Waals surface area contributed by atoms with Crippen molar-refractivity contribution in [3.63, 3.8) is 0 Å². The molecule has 0 amide bonds. The van der Waals surface area contributed by atoms with E-state index in [1.54, 1.807) is 0 Å². The molecule has 1 aromatic carbocycles. The zero-order valence-electron chi connectivity index (χ0n) is 9.08. The molecule has 5 nitrogen and oxygen atoms in total. The average Bonchev–Trinajstić information content (AvgIpc) is 2.99. The molecule has 17 heavy (non-hydrogen) atoms. The Morgan fingerprint density at radius 3 is 3.00 bits per heavy atom. The minimum Gasteiger partial charge on any atom is -0.392 e. The fraction of sp³-hybridized carbons (Fsp3) is 0.167. The number of rotatable bonds is 3. The molecular formula is C12H11N3O2. The van der Waals surface area contributed by atoms with Crippen LogP contribution < -0.4 is 0 Å². The lowest BCUT2D eigenvalue weighted by atomic mass is 10.2. The molecule has 86 valence electrons. The van der Waals surface area contributed by atoms with Crippen molar-refractivity contribution in [2.75, 3.05) is 0 Å². The molecular weight excluding hydrogens is 218 g/mol. The van der Waals surface area contributed by atoms with Crippen LogP contribution in [0.15, 0.2) is 41.4 Å². The van der Waals surface area contributed by atoms with Crippen molar-refractivity contribution < 1.29 is 9.63 Å². The minimum absolute atomic E-state index is 0.0615. The number of hydrogen-bond donors (Lipinski definition) is 1. The van der Waals surface area contributed by atoms with Gasteiger partial charge in [-0.05, 0) is 29.1 Å². The van der Waals surface area contributed by atoms with Crippen LogP contribution in [-0.4, -0.2) is 19.8 Å². The van der Waals surface area contributed by atoms with Gasteiger partial charge in [-0.25, -0.2) is 0 Å². The average molecular weight is 229 g/mol. The summed E-state index contributed by atoms with van der Waals surface area (Å²) >= 11 is 0. The van der Waals surface area contributed by atoms with Gasteiger partial charge in [0, 0.05) is 11.7 Å². The number of nitrogens with zero attached hydrogens (tertiary/aromatic N) is 3. The van der Waals surface area contributed by atoms with E-state index >= 15 is 0 Å². The summed E-state index contributed by atoms with van der Waals surface area (Å²) in [4.78, 5) is 3.99. The van der Waals surface area contributed by atoms with Crippen molar-refractivity contribution in [1.29, 1.82) is 0 Å². The lowest BCUT2D eigenvalue weighted by Gasteiger charge is -2.02. The highest BCUT2D eigenvalue weighted by Crippen LogP contribution is 2.18. The fourth-order valence-corrected chi connectivity index (χ4v) is 1.90. The van der Waals surface area contributed by atoms with E-state index in [2.05, 4.69) is 10.1 Å². The second kappa shape index (κ2) is 4.03. The van der Waals surface area contributed by atoms with Crippen LogP contribution in [0, 0.1) is 0 Å². The topological polar surface area (TPSA) is 64.1 Å². The number of aromatic nitrogens is 3. The lowest BCUT2D eigenvalue weighted by molar-refractivity contribution is 0.282. The zero-order chi connectivity index (χ0) is 11.7. The van der Waals surface area contributed by atoms with E-state index in [4.69, 9.17) is 9.63 Å². The molecule has 0 spiro atoms. The first-order chi connectivity index (χ1) is 8.36. The first kappa shape index (κ1) is 10.0. The van der Waals surface area contributed by atoms with Gasteiger partial charge >= 0.3 is 0 Å². The van der Waals surface area contributed by atoms with Crippen LogP contribution in [0.4, 0.5) is 0 Å². The first-order valence-corrected chi connectivity index (χ1v) is 5.31. The molecule has 0 aliphatic rings.